The lowest BCUT2D eigenvalue weighted by Crippen LogP contribution is -2.39. The first kappa shape index (κ1) is 29.7. The third kappa shape index (κ3) is 7.14. The molecule has 0 aliphatic heterocycles. The summed E-state index contributed by atoms with van der Waals surface area (Å²) in [5, 5.41) is 12.1. The molecule has 0 unspecified atom stereocenters. The highest BCUT2D eigenvalue weighted by Crippen LogP contribution is 2.30. The second-order valence-electron chi connectivity index (χ2n) is 11.5. The van der Waals surface area contributed by atoms with E-state index in [4.69, 9.17) is 14.7 Å². The van der Waals surface area contributed by atoms with Crippen molar-refractivity contribution in [3.63, 3.8) is 0 Å². The van der Waals surface area contributed by atoms with E-state index in [0.29, 0.717) is 30.3 Å². The number of aryl methyl sites for hydroxylation is 3. The summed E-state index contributed by atoms with van der Waals surface area (Å²) in [6, 6.07) is 15.2. The molecule has 0 saturated heterocycles. The van der Waals surface area contributed by atoms with Crippen molar-refractivity contribution in [2.24, 2.45) is 7.05 Å². The van der Waals surface area contributed by atoms with Crippen molar-refractivity contribution >= 4 is 28.6 Å². The molecule has 1 amide bonds. The van der Waals surface area contributed by atoms with Gasteiger partial charge in [0.15, 0.2) is 5.82 Å². The van der Waals surface area contributed by atoms with Crippen molar-refractivity contribution in [3.05, 3.63) is 65.4 Å². The average Bonchev–Trinajstić information content (AvgIpc) is 3.35. The van der Waals surface area contributed by atoms with Gasteiger partial charge in [0.25, 0.3) is 0 Å². The van der Waals surface area contributed by atoms with Crippen LogP contribution in [0.3, 0.4) is 0 Å². The summed E-state index contributed by atoms with van der Waals surface area (Å²) in [5.74, 6) is 1.15. The molecule has 2 aromatic carbocycles. The van der Waals surface area contributed by atoms with E-state index in [9.17, 15) is 4.79 Å². The normalized spacial score (nSPS) is 17.1. The fraction of sp³-hybridized carbons (Fsp3) is 0.455. The Hall–Kier alpha value is -3.82. The van der Waals surface area contributed by atoms with Gasteiger partial charge in [-0.25, -0.2) is 9.97 Å². The molecule has 42 heavy (non-hydrogen) atoms. The molecule has 0 radical (unpaired) electrons. The first-order valence-corrected chi connectivity index (χ1v) is 15.0. The lowest BCUT2D eigenvalue weighted by Gasteiger charge is -2.34. The van der Waals surface area contributed by atoms with Crippen LogP contribution in [0, 0.1) is 6.92 Å². The van der Waals surface area contributed by atoms with Crippen LogP contribution in [0.4, 0.5) is 11.8 Å². The predicted molar refractivity (Wildman–Crippen MR) is 169 cm³/mol. The molecule has 4 aromatic rings. The van der Waals surface area contributed by atoms with Crippen LogP contribution < -0.4 is 10.6 Å². The van der Waals surface area contributed by atoms with Gasteiger partial charge in [-0.05, 0) is 69.3 Å². The number of aromatic nitrogens is 4. The summed E-state index contributed by atoms with van der Waals surface area (Å²) in [7, 11) is 5.85. The molecule has 2 heterocycles. The zero-order valence-electron chi connectivity index (χ0n) is 25.5. The van der Waals surface area contributed by atoms with E-state index in [2.05, 4.69) is 46.7 Å². The Morgan fingerprint density at radius 1 is 1.14 bits per heavy atom. The van der Waals surface area contributed by atoms with Gasteiger partial charge in [-0.1, -0.05) is 36.8 Å². The number of amides is 1. The summed E-state index contributed by atoms with van der Waals surface area (Å²) in [6.45, 7) is 5.92. The number of hydrogen-bond acceptors (Lipinski definition) is 7. The van der Waals surface area contributed by atoms with Gasteiger partial charge in [0.1, 0.15) is 0 Å². The molecule has 9 heteroatoms. The number of benzene rings is 2. The molecule has 5 rings (SSSR count). The van der Waals surface area contributed by atoms with Crippen LogP contribution in [-0.2, 0) is 29.4 Å². The largest absolute Gasteiger partial charge is 0.383 e. The number of nitrogens with zero attached hydrogens (tertiary/aromatic N) is 5. The summed E-state index contributed by atoms with van der Waals surface area (Å²) in [4.78, 5) is 24.8. The number of hydrogen-bond donors (Lipinski definition) is 2. The van der Waals surface area contributed by atoms with Gasteiger partial charge < -0.3 is 20.3 Å². The van der Waals surface area contributed by atoms with Gasteiger partial charge in [-0.3, -0.25) is 9.48 Å². The average molecular weight is 570 g/mol. The Morgan fingerprint density at radius 2 is 1.95 bits per heavy atom. The number of anilines is 2. The monoisotopic (exact) mass is 569 g/mol. The molecule has 0 spiro atoms. The Morgan fingerprint density at radius 3 is 2.69 bits per heavy atom. The van der Waals surface area contributed by atoms with Crippen LogP contribution in [0.15, 0.2) is 48.7 Å². The molecular formula is C33H43N7O2. The standard InChI is InChI=1S/C33H43N7O2/c1-6-24-18-25(29-20-30(38-40(29)4)36-31(41)17-23-9-7-8-22(2)16-23)19-26-21-34-33(37-32(24)26)35-27-10-12-28(13-11-27)39(3)14-15-42-5/h7-9,16,18-21,27-28H,6,10-15,17H2,1-5H3,(H,34,35,37)(H,36,38,41). The van der Waals surface area contributed by atoms with Crippen molar-refractivity contribution in [2.45, 2.75) is 64.5 Å². The molecule has 2 N–H and O–H groups in total. The zero-order valence-corrected chi connectivity index (χ0v) is 25.5. The summed E-state index contributed by atoms with van der Waals surface area (Å²) < 4.78 is 7.05. The lowest BCUT2D eigenvalue weighted by atomic mass is 9.90. The van der Waals surface area contributed by atoms with Crippen LogP contribution in [0.25, 0.3) is 22.2 Å². The number of likely N-dealkylation sites (N-methyl/N-ethyl adjacent to an activating group) is 1. The highest BCUT2D eigenvalue weighted by atomic mass is 16.5. The van der Waals surface area contributed by atoms with Gasteiger partial charge in [0.2, 0.25) is 11.9 Å². The molecule has 2 aromatic heterocycles. The van der Waals surface area contributed by atoms with E-state index >= 15 is 0 Å². The molecular weight excluding hydrogens is 526 g/mol. The molecule has 0 atom stereocenters. The first-order valence-electron chi connectivity index (χ1n) is 15.0. The van der Waals surface area contributed by atoms with Gasteiger partial charge in [-0.2, -0.15) is 5.10 Å². The predicted octanol–water partition coefficient (Wildman–Crippen LogP) is 5.38. The quantitative estimate of drug-likeness (QED) is 0.250. The van der Waals surface area contributed by atoms with E-state index in [0.717, 1.165) is 84.1 Å². The van der Waals surface area contributed by atoms with E-state index in [1.54, 1.807) is 7.11 Å². The minimum atomic E-state index is -0.0851. The molecule has 1 aliphatic carbocycles. The van der Waals surface area contributed by atoms with Gasteiger partial charge in [0, 0.05) is 56.0 Å². The van der Waals surface area contributed by atoms with Crippen molar-refractivity contribution in [1.29, 1.82) is 0 Å². The van der Waals surface area contributed by atoms with Gasteiger partial charge >= 0.3 is 0 Å². The second-order valence-corrected chi connectivity index (χ2v) is 11.5. The minimum absolute atomic E-state index is 0.0851. The highest BCUT2D eigenvalue weighted by Gasteiger charge is 2.24. The lowest BCUT2D eigenvalue weighted by molar-refractivity contribution is -0.115. The Labute approximate surface area is 248 Å². The summed E-state index contributed by atoms with van der Waals surface area (Å²) in [6.07, 6.45) is 7.60. The third-order valence-corrected chi connectivity index (χ3v) is 8.33. The topological polar surface area (TPSA) is 97.2 Å². The van der Waals surface area contributed by atoms with Crippen molar-refractivity contribution in [2.75, 3.05) is 37.9 Å². The van der Waals surface area contributed by atoms with E-state index < -0.39 is 0 Å². The minimum Gasteiger partial charge on any atom is -0.383 e. The Kier molecular flexibility index (Phi) is 9.49. The van der Waals surface area contributed by atoms with Crippen molar-refractivity contribution in [3.8, 4) is 11.3 Å². The van der Waals surface area contributed by atoms with Crippen LogP contribution in [0.1, 0.15) is 49.3 Å². The maximum atomic E-state index is 12.7. The number of nitrogens with one attached hydrogen (secondary N) is 2. The number of carbonyl (C=O) groups excluding carboxylic acids is 1. The number of ether oxygens (including phenoxy) is 1. The van der Waals surface area contributed by atoms with E-state index in [1.807, 2.05) is 55.2 Å². The van der Waals surface area contributed by atoms with Crippen LogP contribution in [0.5, 0.6) is 0 Å². The van der Waals surface area contributed by atoms with Crippen molar-refractivity contribution < 1.29 is 9.53 Å². The smallest absolute Gasteiger partial charge is 0.229 e. The summed E-state index contributed by atoms with van der Waals surface area (Å²) in [5.41, 5.74) is 6.20. The summed E-state index contributed by atoms with van der Waals surface area (Å²) >= 11 is 0. The Bertz CT molecular complexity index is 1520. The van der Waals surface area contributed by atoms with Crippen molar-refractivity contribution in [1.82, 2.24) is 24.6 Å². The van der Waals surface area contributed by atoms with E-state index in [-0.39, 0.29) is 5.91 Å². The maximum Gasteiger partial charge on any atom is 0.229 e. The molecule has 9 nitrogen and oxygen atoms in total. The number of fused-ring (bicyclic) bond motifs is 1. The highest BCUT2D eigenvalue weighted by molar-refractivity contribution is 5.92. The maximum absolute atomic E-state index is 12.7. The van der Waals surface area contributed by atoms with Crippen LogP contribution >= 0.6 is 0 Å². The molecule has 1 fully saturated rings. The molecule has 1 aliphatic rings. The zero-order chi connectivity index (χ0) is 29.6. The first-order chi connectivity index (χ1) is 20.3. The number of methoxy groups -OCH3 is 1. The van der Waals surface area contributed by atoms with Gasteiger partial charge in [0.05, 0.1) is 24.2 Å². The molecule has 222 valence electrons. The molecule has 0 bridgehead atoms. The molecule has 1 saturated carbocycles. The number of rotatable bonds is 11. The Balaban J connectivity index is 1.27. The van der Waals surface area contributed by atoms with Gasteiger partial charge in [-0.15, -0.1) is 0 Å². The second kappa shape index (κ2) is 13.4. The third-order valence-electron chi connectivity index (χ3n) is 8.33. The fourth-order valence-corrected chi connectivity index (χ4v) is 5.96. The van der Waals surface area contributed by atoms with E-state index in [1.165, 1.54) is 0 Å². The van der Waals surface area contributed by atoms with Crippen LogP contribution in [-0.4, -0.2) is 69.9 Å². The SMILES string of the molecule is CCc1cc(-c2cc(NC(=O)Cc3cccc(C)c3)nn2C)cc2cnc(NC3CCC(N(C)CCOC)CC3)nc12. The fourth-order valence-electron chi connectivity index (χ4n) is 5.96. The van der Waals surface area contributed by atoms with Crippen LogP contribution in [0.2, 0.25) is 0 Å². The number of carbonyl (C=O) groups is 1.